The summed E-state index contributed by atoms with van der Waals surface area (Å²) in [5.41, 5.74) is 0.193. The molecule has 0 aliphatic heterocycles. The Kier molecular flexibility index (Phi) is 3.45. The number of aryl methyl sites for hydroxylation is 1. The summed E-state index contributed by atoms with van der Waals surface area (Å²) in [5.74, 6) is 0.327. The van der Waals surface area contributed by atoms with Crippen LogP contribution in [0.4, 0.5) is 8.78 Å². The Balaban J connectivity index is 2.45. The van der Waals surface area contributed by atoms with Crippen molar-refractivity contribution in [3.8, 4) is 11.6 Å². The molecule has 0 saturated heterocycles. The summed E-state index contributed by atoms with van der Waals surface area (Å²) < 4.78 is 33.0. The molecular formula is C12H15F2N3O. The van der Waals surface area contributed by atoms with E-state index >= 15 is 0 Å². The predicted molar refractivity (Wildman–Crippen MR) is 62.4 cm³/mol. The van der Waals surface area contributed by atoms with Crippen LogP contribution in [0.3, 0.4) is 0 Å². The van der Waals surface area contributed by atoms with Crippen LogP contribution in [-0.2, 0) is 7.05 Å². The van der Waals surface area contributed by atoms with E-state index in [4.69, 9.17) is 4.42 Å². The molecule has 2 rings (SSSR count). The number of imidazole rings is 1. The fraction of sp³-hybridized carbons (Fsp3) is 0.500. The second-order valence-corrected chi connectivity index (χ2v) is 4.30. The largest absolute Gasteiger partial charge is 0.439 e. The lowest BCUT2D eigenvalue weighted by molar-refractivity contribution is 0.143. The third-order valence-corrected chi connectivity index (χ3v) is 2.87. The minimum Gasteiger partial charge on any atom is -0.439 e. The van der Waals surface area contributed by atoms with Crippen LogP contribution >= 0.6 is 0 Å². The number of halogens is 2. The average molecular weight is 255 g/mol. The van der Waals surface area contributed by atoms with Crippen LogP contribution in [-0.4, -0.2) is 14.5 Å². The van der Waals surface area contributed by atoms with Gasteiger partial charge < -0.3 is 8.98 Å². The van der Waals surface area contributed by atoms with E-state index in [1.807, 2.05) is 13.8 Å². The summed E-state index contributed by atoms with van der Waals surface area (Å²) in [4.78, 5) is 7.92. The van der Waals surface area contributed by atoms with Crippen molar-refractivity contribution in [2.24, 2.45) is 7.05 Å². The zero-order valence-electron chi connectivity index (χ0n) is 10.5. The van der Waals surface area contributed by atoms with Crippen molar-refractivity contribution in [3.05, 3.63) is 24.0 Å². The lowest BCUT2D eigenvalue weighted by atomic mass is 10.0. The van der Waals surface area contributed by atoms with Gasteiger partial charge in [0.1, 0.15) is 17.1 Å². The lowest BCUT2D eigenvalue weighted by Crippen LogP contribution is -1.96. The average Bonchev–Trinajstić information content (AvgIpc) is 2.93. The Morgan fingerprint density at radius 3 is 2.67 bits per heavy atom. The fourth-order valence-corrected chi connectivity index (χ4v) is 1.67. The second kappa shape index (κ2) is 4.88. The maximum Gasteiger partial charge on any atom is 0.283 e. The summed E-state index contributed by atoms with van der Waals surface area (Å²) in [7, 11) is 1.79. The minimum absolute atomic E-state index is 0.0843. The van der Waals surface area contributed by atoms with E-state index in [-0.39, 0.29) is 23.3 Å². The van der Waals surface area contributed by atoms with Crippen molar-refractivity contribution < 1.29 is 13.2 Å². The van der Waals surface area contributed by atoms with E-state index in [2.05, 4.69) is 9.97 Å². The molecule has 0 saturated carbocycles. The summed E-state index contributed by atoms with van der Waals surface area (Å²) in [6.07, 6.45) is 1.35. The maximum absolute atomic E-state index is 12.9. The van der Waals surface area contributed by atoms with E-state index in [9.17, 15) is 8.78 Å². The van der Waals surface area contributed by atoms with Crippen molar-refractivity contribution in [2.75, 3.05) is 0 Å². The third-order valence-electron chi connectivity index (χ3n) is 2.87. The van der Waals surface area contributed by atoms with Crippen molar-refractivity contribution >= 4 is 0 Å². The Morgan fingerprint density at radius 1 is 1.44 bits per heavy atom. The van der Waals surface area contributed by atoms with Gasteiger partial charge in [0, 0.05) is 19.2 Å². The van der Waals surface area contributed by atoms with Crippen LogP contribution in [0.5, 0.6) is 0 Å². The molecule has 2 aromatic rings. The number of hydrogen-bond donors (Lipinski definition) is 0. The van der Waals surface area contributed by atoms with Gasteiger partial charge in [-0.2, -0.15) is 0 Å². The molecule has 1 atom stereocenters. The van der Waals surface area contributed by atoms with Gasteiger partial charge in [0.15, 0.2) is 0 Å². The minimum atomic E-state index is -2.63. The van der Waals surface area contributed by atoms with E-state index in [0.29, 0.717) is 5.69 Å². The van der Waals surface area contributed by atoms with Crippen LogP contribution in [0.2, 0.25) is 0 Å². The quantitative estimate of drug-likeness (QED) is 0.839. The Bertz CT molecular complexity index is 533. The van der Waals surface area contributed by atoms with Crippen LogP contribution in [0, 0.1) is 0 Å². The van der Waals surface area contributed by atoms with Crippen LogP contribution in [0.1, 0.15) is 44.1 Å². The highest BCUT2D eigenvalue weighted by atomic mass is 19.3. The van der Waals surface area contributed by atoms with Gasteiger partial charge >= 0.3 is 0 Å². The van der Waals surface area contributed by atoms with Gasteiger partial charge in [-0.15, -0.1) is 0 Å². The molecule has 0 aliphatic carbocycles. The molecule has 18 heavy (non-hydrogen) atoms. The summed E-state index contributed by atoms with van der Waals surface area (Å²) in [5, 5.41) is 0. The molecular weight excluding hydrogens is 240 g/mol. The number of alkyl halides is 2. The maximum atomic E-state index is 12.9. The van der Waals surface area contributed by atoms with Gasteiger partial charge in [0.25, 0.3) is 6.43 Å². The number of hydrogen-bond acceptors (Lipinski definition) is 3. The van der Waals surface area contributed by atoms with E-state index in [1.54, 1.807) is 24.1 Å². The zero-order valence-corrected chi connectivity index (χ0v) is 10.5. The van der Waals surface area contributed by atoms with Gasteiger partial charge in [-0.25, -0.2) is 18.7 Å². The fourth-order valence-electron chi connectivity index (χ4n) is 1.67. The molecule has 1 unspecified atom stereocenters. The molecule has 0 fully saturated rings. The molecule has 0 radical (unpaired) electrons. The predicted octanol–water partition coefficient (Wildman–Crippen LogP) is 3.53. The van der Waals surface area contributed by atoms with Crippen LogP contribution in [0.15, 0.2) is 16.9 Å². The van der Waals surface area contributed by atoms with Gasteiger partial charge in [-0.1, -0.05) is 13.8 Å². The standard InChI is InChI=1S/C12H15F2N3O/c1-4-7(2)10-9(11(13)14)16-12(18-10)8-5-17(3)6-15-8/h5-7,11H,4H2,1-3H3. The molecule has 0 aliphatic rings. The first-order chi connectivity index (χ1) is 8.52. The van der Waals surface area contributed by atoms with E-state index in [0.717, 1.165) is 6.42 Å². The number of oxazole rings is 1. The van der Waals surface area contributed by atoms with Crippen LogP contribution < -0.4 is 0 Å². The molecule has 2 aromatic heterocycles. The topological polar surface area (TPSA) is 43.9 Å². The molecule has 0 aromatic carbocycles. The van der Waals surface area contributed by atoms with Gasteiger partial charge in [0.05, 0.1) is 6.33 Å². The second-order valence-electron chi connectivity index (χ2n) is 4.30. The first kappa shape index (κ1) is 12.7. The smallest absolute Gasteiger partial charge is 0.283 e. The molecule has 4 nitrogen and oxygen atoms in total. The van der Waals surface area contributed by atoms with Crippen LogP contribution in [0.25, 0.3) is 11.6 Å². The highest BCUT2D eigenvalue weighted by Gasteiger charge is 2.25. The zero-order chi connectivity index (χ0) is 13.3. The Hall–Kier alpha value is -1.72. The molecule has 2 heterocycles. The highest BCUT2D eigenvalue weighted by Crippen LogP contribution is 2.33. The summed E-state index contributed by atoms with van der Waals surface area (Å²) in [6, 6.07) is 0. The van der Waals surface area contributed by atoms with Crippen molar-refractivity contribution in [1.29, 1.82) is 0 Å². The Labute approximate surface area is 104 Å². The SMILES string of the molecule is CCC(C)c1oc(-c2cn(C)cn2)nc1C(F)F. The van der Waals surface area contributed by atoms with Gasteiger partial charge in [-0.3, -0.25) is 0 Å². The number of nitrogens with zero attached hydrogens (tertiary/aromatic N) is 3. The molecule has 98 valence electrons. The summed E-state index contributed by atoms with van der Waals surface area (Å²) in [6.45, 7) is 3.76. The van der Waals surface area contributed by atoms with E-state index < -0.39 is 6.43 Å². The normalized spacial score (nSPS) is 13.2. The molecule has 0 bridgehead atoms. The monoisotopic (exact) mass is 255 g/mol. The van der Waals surface area contributed by atoms with E-state index in [1.165, 1.54) is 0 Å². The molecule has 0 N–H and O–H groups in total. The molecule has 0 amide bonds. The highest BCUT2D eigenvalue weighted by molar-refractivity contribution is 5.46. The lowest BCUT2D eigenvalue weighted by Gasteiger charge is -2.05. The molecule has 0 spiro atoms. The first-order valence-corrected chi connectivity index (χ1v) is 5.80. The third kappa shape index (κ3) is 2.27. The molecule has 6 heteroatoms. The van der Waals surface area contributed by atoms with Crippen molar-refractivity contribution in [2.45, 2.75) is 32.6 Å². The summed E-state index contributed by atoms with van der Waals surface area (Å²) >= 11 is 0. The van der Waals surface area contributed by atoms with Crippen molar-refractivity contribution in [1.82, 2.24) is 14.5 Å². The Morgan fingerprint density at radius 2 is 2.17 bits per heavy atom. The number of aromatic nitrogens is 3. The van der Waals surface area contributed by atoms with Crippen molar-refractivity contribution in [3.63, 3.8) is 0 Å². The van der Waals surface area contributed by atoms with Gasteiger partial charge in [-0.05, 0) is 6.42 Å². The van der Waals surface area contributed by atoms with Gasteiger partial charge in [0.2, 0.25) is 5.89 Å². The first-order valence-electron chi connectivity index (χ1n) is 5.80. The number of rotatable bonds is 4.